The summed E-state index contributed by atoms with van der Waals surface area (Å²) < 4.78 is 10.4. The van der Waals surface area contributed by atoms with Crippen LogP contribution in [0.2, 0.25) is 0 Å². The van der Waals surface area contributed by atoms with Crippen LogP contribution in [-0.2, 0) is 0 Å². The van der Waals surface area contributed by atoms with Crippen molar-refractivity contribution in [3.63, 3.8) is 0 Å². The Morgan fingerprint density at radius 1 is 0.547 bits per heavy atom. The molecule has 0 aliphatic carbocycles. The second kappa shape index (κ2) is 10.9. The van der Waals surface area contributed by atoms with Gasteiger partial charge in [-0.25, -0.2) is 4.99 Å². The molecule has 4 nitrogen and oxygen atoms in total. The number of furan rings is 1. The highest BCUT2D eigenvalue weighted by atomic mass is 32.1. The summed E-state index contributed by atoms with van der Waals surface area (Å²) in [7, 11) is 0. The number of nitrogens with zero attached hydrogens (tertiary/aromatic N) is 2. The number of benzene rings is 8. The van der Waals surface area contributed by atoms with Crippen LogP contribution >= 0.6 is 11.3 Å². The number of rotatable bonds is 3. The number of hydrogen-bond acceptors (Lipinski definition) is 4. The summed E-state index contributed by atoms with van der Waals surface area (Å²) in [5, 5.41) is 14.7. The minimum absolute atomic E-state index is 0.0317. The summed E-state index contributed by atoms with van der Waals surface area (Å²) in [4.78, 5) is 6.54. The molecule has 8 aromatic carbocycles. The summed E-state index contributed by atoms with van der Waals surface area (Å²) in [6, 6.07) is 58.8. The molecule has 4 heterocycles. The second-order valence-corrected chi connectivity index (χ2v) is 15.1. The van der Waals surface area contributed by atoms with Crippen LogP contribution in [0.15, 0.2) is 173 Å². The van der Waals surface area contributed by atoms with E-state index in [4.69, 9.17) is 9.41 Å². The van der Waals surface area contributed by atoms with Crippen molar-refractivity contribution >= 4 is 98.2 Å². The minimum atomic E-state index is -0.0317. The highest BCUT2D eigenvalue weighted by Gasteiger charge is 2.29. The van der Waals surface area contributed by atoms with Crippen LogP contribution < -0.4 is 5.32 Å². The predicted octanol–water partition coefficient (Wildman–Crippen LogP) is 13.0. The number of amidine groups is 1. The van der Waals surface area contributed by atoms with Gasteiger partial charge in [-0.15, -0.1) is 11.3 Å². The second-order valence-electron chi connectivity index (χ2n) is 14.0. The first-order valence-electron chi connectivity index (χ1n) is 18.0. The third kappa shape index (κ3) is 4.26. The standard InChI is InChI=1S/C48H29N3OS/c1-2-11-30-25-31(18-17-28(30)9-1)44-47-45(39-14-6-8-16-43(39)53-47)50-48(49-44)32-20-22-36-37-24-21-33(27-42(37)52-41(36)26-32)51-40-15-7-5-13-35(40)38-23-19-29-10-3-4-12-34(29)46(38)51/h1-27,44H,(H,49,50). The molecular weight excluding hydrogens is 667 g/mol. The molecule has 3 aromatic heterocycles. The lowest BCUT2D eigenvalue weighted by molar-refractivity contribution is 0.668. The molecule has 0 bridgehead atoms. The van der Waals surface area contributed by atoms with Crippen molar-refractivity contribution in [3.05, 3.63) is 180 Å². The molecule has 248 valence electrons. The van der Waals surface area contributed by atoms with Crippen molar-refractivity contribution in [2.24, 2.45) is 4.99 Å². The molecule has 12 rings (SSSR count). The first-order valence-corrected chi connectivity index (χ1v) is 18.8. The zero-order chi connectivity index (χ0) is 34.6. The maximum Gasteiger partial charge on any atom is 0.137 e. The molecule has 1 aliphatic heterocycles. The maximum atomic E-state index is 6.72. The van der Waals surface area contributed by atoms with Crippen LogP contribution in [0.1, 0.15) is 22.0 Å². The maximum absolute atomic E-state index is 6.72. The Labute approximate surface area is 307 Å². The molecule has 0 radical (unpaired) electrons. The van der Waals surface area contributed by atoms with Gasteiger partial charge in [0.2, 0.25) is 0 Å². The smallest absolute Gasteiger partial charge is 0.137 e. The van der Waals surface area contributed by atoms with E-state index in [1.165, 1.54) is 63.9 Å². The SMILES string of the molecule is c1ccc2cc(C3NC(c4ccc5c(c4)oc4cc(-n6c7ccccc7c7ccc8ccccc8c76)ccc45)=Nc4c3sc3ccccc43)ccc2c1. The lowest BCUT2D eigenvalue weighted by Crippen LogP contribution is -2.32. The molecule has 53 heavy (non-hydrogen) atoms. The molecule has 1 N–H and O–H groups in total. The highest BCUT2D eigenvalue weighted by molar-refractivity contribution is 7.19. The number of thiophene rings is 1. The van der Waals surface area contributed by atoms with E-state index in [0.717, 1.165) is 44.7 Å². The molecule has 1 aliphatic rings. The van der Waals surface area contributed by atoms with Gasteiger partial charge < -0.3 is 14.3 Å². The van der Waals surface area contributed by atoms with Gasteiger partial charge >= 0.3 is 0 Å². The van der Waals surface area contributed by atoms with E-state index in [0.29, 0.717) is 0 Å². The molecule has 0 saturated heterocycles. The monoisotopic (exact) mass is 695 g/mol. The van der Waals surface area contributed by atoms with Crippen molar-refractivity contribution in [3.8, 4) is 5.69 Å². The van der Waals surface area contributed by atoms with Crippen LogP contribution in [0.4, 0.5) is 5.69 Å². The summed E-state index contributed by atoms with van der Waals surface area (Å²) in [6.07, 6.45) is 0. The van der Waals surface area contributed by atoms with Crippen LogP contribution in [0.3, 0.4) is 0 Å². The number of hydrogen-bond donors (Lipinski definition) is 1. The van der Waals surface area contributed by atoms with Crippen molar-refractivity contribution < 1.29 is 4.42 Å². The van der Waals surface area contributed by atoms with Gasteiger partial charge in [-0.2, -0.15) is 0 Å². The lowest BCUT2D eigenvalue weighted by Gasteiger charge is -2.26. The summed E-state index contributed by atoms with van der Waals surface area (Å²) in [5.74, 6) is 0.847. The Hall–Kier alpha value is -6.69. The Balaban J connectivity index is 1.01. The minimum Gasteiger partial charge on any atom is -0.456 e. The third-order valence-corrected chi connectivity index (χ3v) is 12.2. The van der Waals surface area contributed by atoms with E-state index < -0.39 is 0 Å². The normalized spacial score (nSPS) is 14.5. The van der Waals surface area contributed by atoms with Gasteiger partial charge in [0.25, 0.3) is 0 Å². The first kappa shape index (κ1) is 28.9. The van der Waals surface area contributed by atoms with E-state index in [2.05, 4.69) is 174 Å². The van der Waals surface area contributed by atoms with Crippen LogP contribution in [-0.4, -0.2) is 10.4 Å². The molecule has 0 fully saturated rings. The summed E-state index contributed by atoms with van der Waals surface area (Å²) in [6.45, 7) is 0. The molecule has 1 atom stereocenters. The summed E-state index contributed by atoms with van der Waals surface area (Å²) in [5.41, 5.74) is 8.44. The molecule has 11 aromatic rings. The Morgan fingerprint density at radius 3 is 2.15 bits per heavy atom. The largest absolute Gasteiger partial charge is 0.456 e. The van der Waals surface area contributed by atoms with E-state index in [1.54, 1.807) is 0 Å². The quantitative estimate of drug-likeness (QED) is 0.200. The predicted molar refractivity (Wildman–Crippen MR) is 223 cm³/mol. The van der Waals surface area contributed by atoms with Crippen molar-refractivity contribution in [2.75, 3.05) is 0 Å². The number of fused-ring (bicyclic) bond motifs is 12. The van der Waals surface area contributed by atoms with Crippen LogP contribution in [0.25, 0.3) is 81.1 Å². The van der Waals surface area contributed by atoms with Gasteiger partial charge in [-0.3, -0.25) is 0 Å². The molecule has 0 amide bonds. The fourth-order valence-electron chi connectivity index (χ4n) is 8.53. The van der Waals surface area contributed by atoms with Crippen LogP contribution in [0.5, 0.6) is 0 Å². The zero-order valence-electron chi connectivity index (χ0n) is 28.4. The van der Waals surface area contributed by atoms with E-state index in [1.807, 2.05) is 11.3 Å². The Bertz CT molecular complexity index is 3340. The van der Waals surface area contributed by atoms with Gasteiger partial charge in [-0.05, 0) is 64.2 Å². The molecule has 0 saturated carbocycles. The number of aromatic nitrogens is 1. The molecular formula is C48H29N3OS. The zero-order valence-corrected chi connectivity index (χ0v) is 29.2. The van der Waals surface area contributed by atoms with Crippen molar-refractivity contribution in [2.45, 2.75) is 6.04 Å². The van der Waals surface area contributed by atoms with E-state index in [9.17, 15) is 0 Å². The Kier molecular flexibility index (Phi) is 5.96. The fourth-order valence-corrected chi connectivity index (χ4v) is 9.75. The van der Waals surface area contributed by atoms with Crippen molar-refractivity contribution in [1.29, 1.82) is 0 Å². The average Bonchev–Trinajstić information content (AvgIpc) is 3.89. The summed E-state index contributed by atoms with van der Waals surface area (Å²) >= 11 is 1.82. The average molecular weight is 696 g/mol. The van der Waals surface area contributed by atoms with Gasteiger partial charge in [-0.1, -0.05) is 115 Å². The van der Waals surface area contributed by atoms with Gasteiger partial charge in [0.05, 0.1) is 27.6 Å². The number of para-hydroxylation sites is 1. The highest BCUT2D eigenvalue weighted by Crippen LogP contribution is 2.46. The molecule has 1 unspecified atom stereocenters. The first-order chi connectivity index (χ1) is 26.2. The van der Waals surface area contributed by atoms with Gasteiger partial charge in [0.15, 0.2) is 0 Å². The van der Waals surface area contributed by atoms with Crippen molar-refractivity contribution in [1.82, 2.24) is 9.88 Å². The van der Waals surface area contributed by atoms with E-state index in [-0.39, 0.29) is 6.04 Å². The van der Waals surface area contributed by atoms with Gasteiger partial charge in [0, 0.05) is 54.3 Å². The van der Waals surface area contributed by atoms with Gasteiger partial charge in [0.1, 0.15) is 17.0 Å². The Morgan fingerprint density at radius 2 is 1.25 bits per heavy atom. The third-order valence-electron chi connectivity index (χ3n) is 11.0. The molecule has 0 spiro atoms. The fraction of sp³-hybridized carbons (Fsp3) is 0.0208. The number of aliphatic imine (C=N–C) groups is 1. The lowest BCUT2D eigenvalue weighted by atomic mass is 9.97. The number of nitrogens with one attached hydrogen (secondary N) is 1. The topological polar surface area (TPSA) is 42.5 Å². The van der Waals surface area contributed by atoms with E-state index >= 15 is 0 Å². The van der Waals surface area contributed by atoms with Crippen LogP contribution in [0, 0.1) is 0 Å². The molecule has 5 heteroatoms.